The Morgan fingerprint density at radius 1 is 1.10 bits per heavy atom. The van der Waals surface area contributed by atoms with Gasteiger partial charge in [-0.3, -0.25) is 9.79 Å². The van der Waals surface area contributed by atoms with Gasteiger partial charge in [-0.25, -0.2) is 0 Å². The number of carboxylic acid groups (broad SMARTS) is 1. The van der Waals surface area contributed by atoms with Crippen molar-refractivity contribution in [3.8, 4) is 5.75 Å². The van der Waals surface area contributed by atoms with Gasteiger partial charge in [0.1, 0.15) is 5.75 Å². The number of aliphatic imine (C=N–C) groups is 1. The molecule has 0 heterocycles. The number of aromatic hydroxyl groups is 1. The number of hydrogen-bond donors (Lipinski definition) is 2. The predicted octanol–water partition coefficient (Wildman–Crippen LogP) is 6.22. The Hall–Kier alpha value is -2.14. The molecule has 4 aliphatic carbocycles. The molecule has 0 saturated heterocycles. The Kier molecular flexibility index (Phi) is 4.77. The highest BCUT2D eigenvalue weighted by Gasteiger charge is 2.58. The minimum Gasteiger partial charge on any atom is -0.507 e. The zero-order chi connectivity index (χ0) is 20.9. The third kappa shape index (κ3) is 3.58. The van der Waals surface area contributed by atoms with Gasteiger partial charge in [0.25, 0.3) is 0 Å². The molecular weight excluding hydrogens is 442 g/mol. The van der Waals surface area contributed by atoms with E-state index in [9.17, 15) is 15.0 Å². The zero-order valence-corrected chi connectivity index (χ0v) is 18.4. The fourth-order valence-electron chi connectivity index (χ4n) is 6.99. The summed E-state index contributed by atoms with van der Waals surface area (Å²) < 4.78 is 0.897. The van der Waals surface area contributed by atoms with E-state index in [4.69, 9.17) is 0 Å². The van der Waals surface area contributed by atoms with Crippen molar-refractivity contribution in [2.24, 2.45) is 22.2 Å². The van der Waals surface area contributed by atoms with Gasteiger partial charge in [0, 0.05) is 16.3 Å². The van der Waals surface area contributed by atoms with Crippen LogP contribution in [0.1, 0.15) is 56.1 Å². The Balaban J connectivity index is 1.39. The van der Waals surface area contributed by atoms with Crippen LogP contribution in [0.4, 0.5) is 5.69 Å². The lowest BCUT2D eigenvalue weighted by molar-refractivity contribution is -0.146. The van der Waals surface area contributed by atoms with Gasteiger partial charge in [-0.15, -0.1) is 0 Å². The number of phenols is 1. The molecule has 0 aromatic heterocycles. The lowest BCUT2D eigenvalue weighted by atomic mass is 9.42. The van der Waals surface area contributed by atoms with Crippen LogP contribution in [0.25, 0.3) is 0 Å². The number of carboxylic acids is 1. The molecule has 5 heteroatoms. The minimum atomic E-state index is -0.646. The first-order valence-electron chi connectivity index (χ1n) is 10.7. The van der Waals surface area contributed by atoms with Gasteiger partial charge in [0.05, 0.1) is 12.1 Å². The average Bonchev–Trinajstić information content (AvgIpc) is 2.67. The number of nitrogens with zero attached hydrogens (tertiary/aromatic N) is 1. The summed E-state index contributed by atoms with van der Waals surface area (Å²) >= 11 is 3.42. The Bertz CT molecular complexity index is 1000. The molecule has 0 radical (unpaired) electrons. The lowest BCUT2D eigenvalue weighted by Crippen LogP contribution is -2.54. The summed E-state index contributed by atoms with van der Waals surface area (Å²) in [5.41, 5.74) is 2.99. The second-order valence-corrected chi connectivity index (χ2v) is 10.7. The Morgan fingerprint density at radius 3 is 2.47 bits per heavy atom. The molecule has 0 amide bonds. The maximum absolute atomic E-state index is 11.6. The number of carbonyl (C=O) groups is 1. The van der Waals surface area contributed by atoms with Crippen LogP contribution in [0.2, 0.25) is 0 Å². The lowest BCUT2D eigenvalue weighted by Gasteiger charge is -2.62. The summed E-state index contributed by atoms with van der Waals surface area (Å²) in [5, 5.41) is 19.5. The molecule has 2 aromatic carbocycles. The van der Waals surface area contributed by atoms with Crippen molar-refractivity contribution in [3.63, 3.8) is 0 Å². The number of hydrogen-bond acceptors (Lipinski definition) is 3. The van der Waals surface area contributed by atoms with Crippen LogP contribution in [-0.4, -0.2) is 22.4 Å². The van der Waals surface area contributed by atoms with Crippen molar-refractivity contribution in [1.29, 1.82) is 0 Å². The summed E-state index contributed by atoms with van der Waals surface area (Å²) in [6.45, 7) is 0. The van der Waals surface area contributed by atoms with Crippen LogP contribution in [0.15, 0.2) is 51.9 Å². The molecule has 4 nitrogen and oxygen atoms in total. The summed E-state index contributed by atoms with van der Waals surface area (Å²) in [6.07, 6.45) is 8.86. The molecule has 0 spiro atoms. The molecule has 0 unspecified atom stereocenters. The number of aliphatic carboxylic acids is 1. The molecule has 2 aromatic rings. The third-order valence-electron chi connectivity index (χ3n) is 7.53. The molecule has 4 saturated carbocycles. The molecule has 156 valence electrons. The summed E-state index contributed by atoms with van der Waals surface area (Å²) in [6, 6.07) is 13.7. The van der Waals surface area contributed by atoms with Gasteiger partial charge in [0.15, 0.2) is 0 Å². The molecule has 30 heavy (non-hydrogen) atoms. The van der Waals surface area contributed by atoms with Crippen molar-refractivity contribution < 1.29 is 15.0 Å². The van der Waals surface area contributed by atoms with Crippen molar-refractivity contribution in [2.45, 2.75) is 50.4 Å². The van der Waals surface area contributed by atoms with E-state index < -0.39 is 5.97 Å². The number of phenolic OH excluding ortho intramolecular Hbond substituents is 1. The van der Waals surface area contributed by atoms with E-state index in [1.54, 1.807) is 18.3 Å². The summed E-state index contributed by atoms with van der Waals surface area (Å²) in [4.78, 5) is 16.1. The second-order valence-electron chi connectivity index (χ2n) is 9.82. The van der Waals surface area contributed by atoms with Crippen LogP contribution in [0, 0.1) is 17.3 Å². The predicted molar refractivity (Wildman–Crippen MR) is 121 cm³/mol. The van der Waals surface area contributed by atoms with Crippen molar-refractivity contribution in [1.82, 2.24) is 0 Å². The first kappa shape index (κ1) is 19.8. The van der Waals surface area contributed by atoms with E-state index in [0.29, 0.717) is 23.8 Å². The topological polar surface area (TPSA) is 69.9 Å². The van der Waals surface area contributed by atoms with Crippen LogP contribution in [0.3, 0.4) is 0 Å². The highest BCUT2D eigenvalue weighted by atomic mass is 79.9. The minimum absolute atomic E-state index is 0.00896. The van der Waals surface area contributed by atoms with E-state index in [1.165, 1.54) is 24.8 Å². The molecule has 4 bridgehead atoms. The van der Waals surface area contributed by atoms with Gasteiger partial charge in [-0.1, -0.05) is 28.1 Å². The van der Waals surface area contributed by atoms with Crippen molar-refractivity contribution >= 4 is 33.8 Å². The summed E-state index contributed by atoms with van der Waals surface area (Å²) in [5.74, 6) is 0.897. The second kappa shape index (κ2) is 7.23. The van der Waals surface area contributed by atoms with E-state index in [-0.39, 0.29) is 16.6 Å². The number of halogens is 1. The van der Waals surface area contributed by atoms with Crippen molar-refractivity contribution in [2.75, 3.05) is 0 Å². The highest BCUT2D eigenvalue weighted by molar-refractivity contribution is 9.10. The van der Waals surface area contributed by atoms with Gasteiger partial charge in [-0.05, 0) is 97.1 Å². The van der Waals surface area contributed by atoms with Gasteiger partial charge in [-0.2, -0.15) is 0 Å². The van der Waals surface area contributed by atoms with Crippen molar-refractivity contribution in [3.05, 3.63) is 58.1 Å². The molecule has 4 fully saturated rings. The van der Waals surface area contributed by atoms with E-state index >= 15 is 0 Å². The zero-order valence-electron chi connectivity index (χ0n) is 16.9. The van der Waals surface area contributed by atoms with Gasteiger partial charge < -0.3 is 10.2 Å². The van der Waals surface area contributed by atoms with E-state index in [2.05, 4.69) is 33.1 Å². The third-order valence-corrected chi connectivity index (χ3v) is 8.02. The summed E-state index contributed by atoms with van der Waals surface area (Å²) in [7, 11) is 0. The average molecular weight is 468 g/mol. The molecule has 2 N–H and O–H groups in total. The SMILES string of the molecule is O=C(O)CC12C[C@@H]3C[C@@H](C1)CC(c1ccc(N=Cc4cc(Br)ccc4O)cc1)(C3)C2. The smallest absolute Gasteiger partial charge is 0.303 e. The normalized spacial score (nSPS) is 32.0. The maximum Gasteiger partial charge on any atom is 0.303 e. The molecule has 2 atom stereocenters. The first-order valence-corrected chi connectivity index (χ1v) is 11.5. The molecule has 6 rings (SSSR count). The maximum atomic E-state index is 11.6. The quantitative estimate of drug-likeness (QED) is 0.512. The molecular formula is C25H26BrNO3. The fourth-order valence-corrected chi connectivity index (χ4v) is 7.37. The Labute approximate surface area is 185 Å². The van der Waals surface area contributed by atoms with Crippen LogP contribution in [0.5, 0.6) is 5.75 Å². The first-order chi connectivity index (χ1) is 14.3. The number of benzene rings is 2. The van der Waals surface area contributed by atoms with E-state index in [1.807, 2.05) is 18.2 Å². The van der Waals surface area contributed by atoms with Gasteiger partial charge >= 0.3 is 5.97 Å². The fraction of sp³-hybridized carbons (Fsp3) is 0.440. The van der Waals surface area contributed by atoms with Crippen LogP contribution < -0.4 is 0 Å². The Morgan fingerprint density at radius 2 is 1.80 bits per heavy atom. The van der Waals surface area contributed by atoms with Crippen LogP contribution >= 0.6 is 15.9 Å². The standard InChI is InChI=1S/C25H26BrNO3/c26-20-3-6-22(28)18(8-20)14-27-21-4-1-19(2-5-21)25-11-16-7-17(12-25)10-24(9-16,15-25)13-23(29)30/h1-6,8,14,16-17,28H,7,9-13,15H2,(H,29,30)/t16-,17-,24?,25?/m0/s1. The molecule has 4 aliphatic rings. The highest BCUT2D eigenvalue weighted by Crippen LogP contribution is 2.66. The largest absolute Gasteiger partial charge is 0.507 e. The van der Waals surface area contributed by atoms with Crippen LogP contribution in [-0.2, 0) is 10.2 Å². The van der Waals surface area contributed by atoms with Gasteiger partial charge in [0.2, 0.25) is 0 Å². The number of rotatable bonds is 5. The monoisotopic (exact) mass is 467 g/mol. The van der Waals surface area contributed by atoms with E-state index in [0.717, 1.165) is 29.4 Å². The molecule has 0 aliphatic heterocycles.